The van der Waals surface area contributed by atoms with Gasteiger partial charge in [-0.25, -0.2) is 0 Å². The highest BCUT2D eigenvalue weighted by Crippen LogP contribution is 2.17. The monoisotopic (exact) mass is 214 g/mol. The smallest absolute Gasteiger partial charge is 0.0830 e. The quantitative estimate of drug-likeness (QED) is 0.781. The van der Waals surface area contributed by atoms with Crippen LogP contribution >= 0.6 is 0 Å². The predicted molar refractivity (Wildman–Crippen MR) is 61.0 cm³/mol. The number of nitrogens with zero attached hydrogens (tertiary/aromatic N) is 2. The van der Waals surface area contributed by atoms with Crippen LogP contribution in [0.25, 0.3) is 0 Å². The Bertz CT molecular complexity index is 443. The van der Waals surface area contributed by atoms with Gasteiger partial charge in [-0.05, 0) is 11.6 Å². The van der Waals surface area contributed by atoms with Crippen molar-refractivity contribution in [2.45, 2.75) is 25.7 Å². The summed E-state index contributed by atoms with van der Waals surface area (Å²) < 4.78 is 7.89. The second-order valence-electron chi connectivity index (χ2n) is 4.13. The molecule has 0 saturated carbocycles. The summed E-state index contributed by atoms with van der Waals surface area (Å²) in [7, 11) is 0. The lowest BCUT2D eigenvalue weighted by atomic mass is 10.2. The second kappa shape index (κ2) is 4.10. The molecular weight excluding hydrogens is 200 g/mol. The molecular formula is C13H14N2O. The van der Waals surface area contributed by atoms with E-state index in [0.717, 1.165) is 13.0 Å². The third-order valence-corrected chi connectivity index (χ3v) is 2.95. The van der Waals surface area contributed by atoms with Crippen LogP contribution in [-0.4, -0.2) is 15.9 Å². The Morgan fingerprint density at radius 3 is 2.94 bits per heavy atom. The minimum Gasteiger partial charge on any atom is -0.371 e. The fraction of sp³-hybridized carbons (Fsp3) is 0.308. The van der Waals surface area contributed by atoms with Crippen molar-refractivity contribution in [3.63, 3.8) is 0 Å². The van der Waals surface area contributed by atoms with Crippen LogP contribution < -0.4 is 0 Å². The zero-order valence-corrected chi connectivity index (χ0v) is 9.04. The SMILES string of the molecule is c1ccc(CO[C@@H]2Cc3ccnn3C2)cc1. The van der Waals surface area contributed by atoms with Crippen LogP contribution in [0.2, 0.25) is 0 Å². The topological polar surface area (TPSA) is 27.1 Å². The van der Waals surface area contributed by atoms with E-state index in [1.807, 2.05) is 29.1 Å². The summed E-state index contributed by atoms with van der Waals surface area (Å²) in [6, 6.07) is 12.3. The Labute approximate surface area is 94.7 Å². The maximum absolute atomic E-state index is 5.87. The van der Waals surface area contributed by atoms with Gasteiger partial charge in [-0.15, -0.1) is 0 Å². The first-order chi connectivity index (χ1) is 7.92. The molecule has 0 spiro atoms. The fourth-order valence-electron chi connectivity index (χ4n) is 2.09. The van der Waals surface area contributed by atoms with E-state index in [2.05, 4.69) is 23.3 Å². The predicted octanol–water partition coefficient (Wildman–Crippen LogP) is 2.02. The van der Waals surface area contributed by atoms with Crippen LogP contribution in [-0.2, 0) is 24.3 Å². The summed E-state index contributed by atoms with van der Waals surface area (Å²) in [6.45, 7) is 1.57. The first-order valence-corrected chi connectivity index (χ1v) is 5.58. The summed E-state index contributed by atoms with van der Waals surface area (Å²) in [5.41, 5.74) is 2.50. The van der Waals surface area contributed by atoms with Crippen molar-refractivity contribution in [3.05, 3.63) is 53.9 Å². The van der Waals surface area contributed by atoms with E-state index in [4.69, 9.17) is 4.74 Å². The molecule has 0 saturated heterocycles. The van der Waals surface area contributed by atoms with Crippen LogP contribution in [0.3, 0.4) is 0 Å². The summed E-state index contributed by atoms with van der Waals surface area (Å²) in [6.07, 6.45) is 3.11. The molecule has 0 radical (unpaired) electrons. The Kier molecular flexibility index (Phi) is 2.46. The van der Waals surface area contributed by atoms with Crippen molar-refractivity contribution in [2.75, 3.05) is 0 Å². The zero-order chi connectivity index (χ0) is 10.8. The van der Waals surface area contributed by atoms with Gasteiger partial charge >= 0.3 is 0 Å². The number of ether oxygens (including phenoxy) is 1. The van der Waals surface area contributed by atoms with Crippen LogP contribution in [0.5, 0.6) is 0 Å². The first-order valence-electron chi connectivity index (χ1n) is 5.58. The van der Waals surface area contributed by atoms with Crippen molar-refractivity contribution >= 4 is 0 Å². The van der Waals surface area contributed by atoms with Gasteiger partial charge in [0.1, 0.15) is 0 Å². The average Bonchev–Trinajstić information content (AvgIpc) is 2.88. The van der Waals surface area contributed by atoms with Crippen LogP contribution in [0, 0.1) is 0 Å². The van der Waals surface area contributed by atoms with Crippen LogP contribution in [0.4, 0.5) is 0 Å². The molecule has 82 valence electrons. The number of hydrogen-bond donors (Lipinski definition) is 0. The van der Waals surface area contributed by atoms with Gasteiger partial charge in [-0.1, -0.05) is 30.3 Å². The van der Waals surface area contributed by atoms with E-state index < -0.39 is 0 Å². The molecule has 1 aliphatic rings. The molecule has 0 N–H and O–H groups in total. The van der Waals surface area contributed by atoms with E-state index in [1.54, 1.807) is 0 Å². The molecule has 1 aromatic carbocycles. The number of benzene rings is 1. The van der Waals surface area contributed by atoms with Gasteiger partial charge in [0, 0.05) is 18.3 Å². The third-order valence-electron chi connectivity index (χ3n) is 2.95. The van der Waals surface area contributed by atoms with E-state index in [0.29, 0.717) is 6.61 Å². The van der Waals surface area contributed by atoms with E-state index in [-0.39, 0.29) is 6.10 Å². The van der Waals surface area contributed by atoms with Gasteiger partial charge in [-0.3, -0.25) is 4.68 Å². The molecule has 0 unspecified atom stereocenters. The minimum absolute atomic E-state index is 0.281. The lowest BCUT2D eigenvalue weighted by molar-refractivity contribution is 0.0403. The summed E-state index contributed by atoms with van der Waals surface area (Å²) in [5, 5.41) is 4.24. The molecule has 0 fully saturated rings. The van der Waals surface area contributed by atoms with Crippen molar-refractivity contribution in [3.8, 4) is 0 Å². The molecule has 1 aliphatic heterocycles. The molecule has 3 rings (SSSR count). The van der Waals surface area contributed by atoms with E-state index in [9.17, 15) is 0 Å². The van der Waals surface area contributed by atoms with Crippen LogP contribution in [0.1, 0.15) is 11.3 Å². The van der Waals surface area contributed by atoms with Gasteiger partial charge in [0.25, 0.3) is 0 Å². The Balaban J connectivity index is 1.57. The minimum atomic E-state index is 0.281. The average molecular weight is 214 g/mol. The maximum Gasteiger partial charge on any atom is 0.0830 e. The number of aromatic nitrogens is 2. The highest BCUT2D eigenvalue weighted by Gasteiger charge is 2.21. The lowest BCUT2D eigenvalue weighted by Gasteiger charge is -2.10. The highest BCUT2D eigenvalue weighted by atomic mass is 16.5. The standard InChI is InChI=1S/C13H14N2O/c1-2-4-11(5-3-1)10-16-13-8-12-6-7-14-15(12)9-13/h1-7,13H,8-10H2/t13-/m1/s1. The fourth-order valence-corrected chi connectivity index (χ4v) is 2.09. The lowest BCUT2D eigenvalue weighted by Crippen LogP contribution is -2.14. The molecule has 2 aromatic rings. The first kappa shape index (κ1) is 9.60. The van der Waals surface area contributed by atoms with Crippen molar-refractivity contribution in [1.82, 2.24) is 9.78 Å². The molecule has 0 aliphatic carbocycles. The van der Waals surface area contributed by atoms with Gasteiger partial charge < -0.3 is 4.74 Å². The Morgan fingerprint density at radius 2 is 2.12 bits per heavy atom. The summed E-state index contributed by atoms with van der Waals surface area (Å²) >= 11 is 0. The zero-order valence-electron chi connectivity index (χ0n) is 9.04. The highest BCUT2D eigenvalue weighted by molar-refractivity contribution is 5.13. The van der Waals surface area contributed by atoms with Gasteiger partial charge in [0.2, 0.25) is 0 Å². The molecule has 0 bridgehead atoms. The Morgan fingerprint density at radius 1 is 1.25 bits per heavy atom. The summed E-state index contributed by atoms with van der Waals surface area (Å²) in [5.74, 6) is 0. The van der Waals surface area contributed by atoms with Gasteiger partial charge in [-0.2, -0.15) is 5.10 Å². The number of fused-ring (bicyclic) bond motifs is 1. The maximum atomic E-state index is 5.87. The van der Waals surface area contributed by atoms with Crippen molar-refractivity contribution in [2.24, 2.45) is 0 Å². The molecule has 3 nitrogen and oxygen atoms in total. The summed E-state index contributed by atoms with van der Waals surface area (Å²) in [4.78, 5) is 0. The second-order valence-corrected chi connectivity index (χ2v) is 4.13. The van der Waals surface area contributed by atoms with Gasteiger partial charge in [0.05, 0.1) is 19.3 Å². The normalized spacial score (nSPS) is 18.6. The van der Waals surface area contributed by atoms with Crippen LogP contribution in [0.15, 0.2) is 42.6 Å². The molecule has 2 heterocycles. The van der Waals surface area contributed by atoms with Gasteiger partial charge in [0.15, 0.2) is 0 Å². The molecule has 0 amide bonds. The molecule has 1 aromatic heterocycles. The molecule has 1 atom stereocenters. The van der Waals surface area contributed by atoms with E-state index in [1.165, 1.54) is 11.3 Å². The largest absolute Gasteiger partial charge is 0.371 e. The Hall–Kier alpha value is -1.61. The molecule has 3 heteroatoms. The van der Waals surface area contributed by atoms with Crippen molar-refractivity contribution in [1.29, 1.82) is 0 Å². The number of hydrogen-bond acceptors (Lipinski definition) is 2. The third kappa shape index (κ3) is 1.86. The van der Waals surface area contributed by atoms with E-state index >= 15 is 0 Å². The number of rotatable bonds is 3. The molecule has 16 heavy (non-hydrogen) atoms. The van der Waals surface area contributed by atoms with Crippen molar-refractivity contribution < 1.29 is 4.74 Å².